The van der Waals surface area contributed by atoms with Gasteiger partial charge in [0.1, 0.15) is 16.9 Å². The van der Waals surface area contributed by atoms with Gasteiger partial charge in [-0.25, -0.2) is 4.39 Å². The van der Waals surface area contributed by atoms with Gasteiger partial charge >= 0.3 is 0 Å². The molecule has 3 rings (SSSR count). The van der Waals surface area contributed by atoms with Crippen LogP contribution in [0.15, 0.2) is 29.2 Å². The van der Waals surface area contributed by atoms with E-state index in [1.165, 1.54) is 17.4 Å². The smallest absolute Gasteiger partial charge is 0.235 e. The van der Waals surface area contributed by atoms with Gasteiger partial charge in [0.05, 0.1) is 11.3 Å². The maximum absolute atomic E-state index is 13.7. The van der Waals surface area contributed by atoms with Crippen molar-refractivity contribution in [2.24, 2.45) is 0 Å². The topological polar surface area (TPSA) is 64.9 Å². The van der Waals surface area contributed by atoms with Crippen LogP contribution in [-0.2, 0) is 16.8 Å². The van der Waals surface area contributed by atoms with Crippen LogP contribution in [0, 0.1) is 17.1 Å². The van der Waals surface area contributed by atoms with E-state index in [1.807, 2.05) is 0 Å². The van der Waals surface area contributed by atoms with Gasteiger partial charge < -0.3 is 10.6 Å². The second-order valence-electron chi connectivity index (χ2n) is 7.80. The number of fused-ring (bicyclic) bond motifs is 1. The quantitative estimate of drug-likeness (QED) is 0.730. The Morgan fingerprint density at radius 3 is 2.74 bits per heavy atom. The van der Waals surface area contributed by atoms with Gasteiger partial charge in [0.15, 0.2) is 0 Å². The number of nitriles is 1. The van der Waals surface area contributed by atoms with Gasteiger partial charge in [-0.15, -0.1) is 23.1 Å². The Hall–Kier alpha value is -1.88. The molecule has 0 atom stereocenters. The lowest BCUT2D eigenvalue weighted by molar-refractivity contribution is -0.113. The molecule has 27 heavy (non-hydrogen) atoms. The molecule has 2 aromatic rings. The molecular formula is C20H22FN3OS2. The number of nitrogens with zero attached hydrogens (tertiary/aromatic N) is 1. The van der Waals surface area contributed by atoms with E-state index in [0.717, 1.165) is 28.6 Å². The SMILES string of the molecule is CC1(C)Cc2c(sc(NC(=O)CSc3ccccc3F)c2C#N)C(C)(C)N1. The fourth-order valence-electron chi connectivity index (χ4n) is 3.60. The van der Waals surface area contributed by atoms with E-state index in [9.17, 15) is 14.4 Å². The van der Waals surface area contributed by atoms with Crippen molar-refractivity contribution in [1.82, 2.24) is 5.32 Å². The van der Waals surface area contributed by atoms with Gasteiger partial charge in [-0.3, -0.25) is 4.79 Å². The Morgan fingerprint density at radius 2 is 2.07 bits per heavy atom. The molecule has 0 spiro atoms. The number of carbonyl (C=O) groups excluding carboxylic acids is 1. The molecule has 1 aliphatic heterocycles. The molecule has 0 saturated heterocycles. The van der Waals surface area contributed by atoms with Crippen molar-refractivity contribution in [1.29, 1.82) is 5.26 Å². The molecular weight excluding hydrogens is 381 g/mol. The van der Waals surface area contributed by atoms with Crippen molar-refractivity contribution in [3.05, 3.63) is 46.1 Å². The van der Waals surface area contributed by atoms with Crippen LogP contribution < -0.4 is 10.6 Å². The number of halogens is 1. The number of anilines is 1. The third-order valence-corrected chi connectivity index (χ3v) is 6.92. The number of amides is 1. The number of thioether (sulfide) groups is 1. The molecule has 0 radical (unpaired) electrons. The van der Waals surface area contributed by atoms with Crippen molar-refractivity contribution < 1.29 is 9.18 Å². The molecule has 7 heteroatoms. The first kappa shape index (κ1) is 19.9. The third kappa shape index (κ3) is 4.18. The zero-order valence-corrected chi connectivity index (χ0v) is 17.4. The van der Waals surface area contributed by atoms with Crippen LogP contribution in [0.4, 0.5) is 9.39 Å². The zero-order chi connectivity index (χ0) is 19.8. The van der Waals surface area contributed by atoms with Crippen molar-refractivity contribution >= 4 is 34.0 Å². The molecule has 0 saturated carbocycles. The summed E-state index contributed by atoms with van der Waals surface area (Å²) >= 11 is 2.59. The van der Waals surface area contributed by atoms with Crippen molar-refractivity contribution in [2.75, 3.05) is 11.1 Å². The lowest BCUT2D eigenvalue weighted by Crippen LogP contribution is -2.54. The van der Waals surface area contributed by atoms with Gasteiger partial charge in [0.25, 0.3) is 0 Å². The van der Waals surface area contributed by atoms with E-state index < -0.39 is 0 Å². The van der Waals surface area contributed by atoms with Crippen LogP contribution in [0.1, 0.15) is 43.7 Å². The summed E-state index contributed by atoms with van der Waals surface area (Å²) in [6.45, 7) is 8.40. The summed E-state index contributed by atoms with van der Waals surface area (Å²) in [5.41, 5.74) is 1.14. The minimum absolute atomic E-state index is 0.0848. The Labute approximate surface area is 167 Å². The van der Waals surface area contributed by atoms with Gasteiger partial charge in [-0.1, -0.05) is 12.1 Å². The monoisotopic (exact) mass is 403 g/mol. The highest BCUT2D eigenvalue weighted by molar-refractivity contribution is 8.00. The standard InChI is InChI=1S/C20H22FN3OS2/c1-19(2)9-12-13(10-22)18(27-17(12)20(3,4)24-19)23-16(25)11-26-15-8-6-5-7-14(15)21/h5-8,24H,9,11H2,1-4H3,(H,23,25). The van der Waals surface area contributed by atoms with Crippen LogP contribution in [0.25, 0.3) is 0 Å². The highest BCUT2D eigenvalue weighted by atomic mass is 32.2. The first-order valence-corrected chi connectivity index (χ1v) is 10.5. The third-order valence-electron chi connectivity index (χ3n) is 4.40. The summed E-state index contributed by atoms with van der Waals surface area (Å²) < 4.78 is 13.7. The summed E-state index contributed by atoms with van der Waals surface area (Å²) in [4.78, 5) is 13.9. The number of nitrogens with one attached hydrogen (secondary N) is 2. The minimum atomic E-state index is -0.338. The van der Waals surface area contributed by atoms with Crippen LogP contribution in [0.5, 0.6) is 0 Å². The van der Waals surface area contributed by atoms with Crippen LogP contribution >= 0.6 is 23.1 Å². The van der Waals surface area contributed by atoms with Crippen molar-refractivity contribution in [3.63, 3.8) is 0 Å². The number of carbonyl (C=O) groups is 1. The predicted octanol–water partition coefficient (Wildman–Crippen LogP) is 4.65. The normalized spacial score (nSPS) is 17.0. The van der Waals surface area contributed by atoms with Crippen LogP contribution in [-0.4, -0.2) is 17.2 Å². The molecule has 2 heterocycles. The molecule has 0 unspecified atom stereocenters. The first-order chi connectivity index (χ1) is 12.6. The van der Waals surface area contributed by atoms with E-state index in [4.69, 9.17) is 0 Å². The maximum atomic E-state index is 13.7. The number of thiophene rings is 1. The van der Waals surface area contributed by atoms with Crippen molar-refractivity contribution in [2.45, 2.75) is 50.1 Å². The van der Waals surface area contributed by atoms with Gasteiger partial charge in [0, 0.05) is 20.9 Å². The Kier molecular flexibility index (Phi) is 5.35. The fraction of sp³-hybridized carbons (Fsp3) is 0.400. The summed E-state index contributed by atoms with van der Waals surface area (Å²) in [7, 11) is 0. The van der Waals surface area contributed by atoms with Crippen LogP contribution in [0.3, 0.4) is 0 Å². The van der Waals surface area contributed by atoms with E-state index in [0.29, 0.717) is 15.5 Å². The maximum Gasteiger partial charge on any atom is 0.235 e. The zero-order valence-electron chi connectivity index (χ0n) is 15.8. The summed E-state index contributed by atoms with van der Waals surface area (Å²) in [6.07, 6.45) is 0.727. The van der Waals surface area contributed by atoms with E-state index in [1.54, 1.807) is 18.2 Å². The number of hydrogen-bond acceptors (Lipinski definition) is 5. The molecule has 0 aliphatic carbocycles. The molecule has 0 bridgehead atoms. The Balaban J connectivity index is 1.80. The van der Waals surface area contributed by atoms with Gasteiger partial charge in [0.2, 0.25) is 5.91 Å². The van der Waals surface area contributed by atoms with Gasteiger partial charge in [-0.05, 0) is 51.8 Å². The number of rotatable bonds is 4. The summed E-state index contributed by atoms with van der Waals surface area (Å²) in [6, 6.07) is 8.64. The molecule has 1 aromatic carbocycles. The largest absolute Gasteiger partial charge is 0.316 e. The number of hydrogen-bond donors (Lipinski definition) is 2. The molecule has 0 fully saturated rings. The number of benzene rings is 1. The highest BCUT2D eigenvalue weighted by Gasteiger charge is 2.40. The predicted molar refractivity (Wildman–Crippen MR) is 109 cm³/mol. The Bertz CT molecular complexity index is 928. The summed E-state index contributed by atoms with van der Waals surface area (Å²) in [5, 5.41) is 16.7. The second kappa shape index (κ2) is 7.27. The van der Waals surface area contributed by atoms with Crippen LogP contribution in [0.2, 0.25) is 0 Å². The van der Waals surface area contributed by atoms with Gasteiger partial charge in [-0.2, -0.15) is 5.26 Å². The minimum Gasteiger partial charge on any atom is -0.316 e. The van der Waals surface area contributed by atoms with Crippen molar-refractivity contribution in [3.8, 4) is 6.07 Å². The second-order valence-corrected chi connectivity index (χ2v) is 9.84. The first-order valence-electron chi connectivity index (χ1n) is 8.66. The average Bonchev–Trinajstić information content (AvgIpc) is 2.90. The highest BCUT2D eigenvalue weighted by Crippen LogP contribution is 2.44. The molecule has 1 aromatic heterocycles. The molecule has 1 amide bonds. The summed E-state index contributed by atoms with van der Waals surface area (Å²) in [5.74, 6) is -0.500. The molecule has 4 nitrogen and oxygen atoms in total. The molecule has 2 N–H and O–H groups in total. The van der Waals surface area contributed by atoms with E-state index >= 15 is 0 Å². The lowest BCUT2D eigenvalue weighted by atomic mass is 9.81. The van der Waals surface area contributed by atoms with E-state index in [2.05, 4.69) is 44.4 Å². The fourth-order valence-corrected chi connectivity index (χ4v) is 5.58. The van der Waals surface area contributed by atoms with E-state index in [-0.39, 0.29) is 28.6 Å². The lowest BCUT2D eigenvalue weighted by Gasteiger charge is -2.42. The molecule has 142 valence electrons. The average molecular weight is 404 g/mol. The molecule has 1 aliphatic rings. The Morgan fingerprint density at radius 1 is 1.37 bits per heavy atom.